The highest BCUT2D eigenvalue weighted by atomic mass is 32.2. The van der Waals surface area contributed by atoms with E-state index in [0.29, 0.717) is 5.88 Å². The monoisotopic (exact) mass is 247 g/mol. The number of benzene rings is 1. The zero-order chi connectivity index (χ0) is 12.3. The predicted octanol–water partition coefficient (Wildman–Crippen LogP) is 2.88. The number of thioether (sulfide) groups is 1. The minimum absolute atomic E-state index is 0.224. The van der Waals surface area contributed by atoms with E-state index in [0.717, 1.165) is 16.3 Å². The summed E-state index contributed by atoms with van der Waals surface area (Å²) < 4.78 is 5.71. The average Bonchev–Trinajstić information content (AvgIpc) is 2.28. The Morgan fingerprint density at radius 3 is 2.71 bits per heavy atom. The molecule has 17 heavy (non-hydrogen) atoms. The first-order chi connectivity index (χ1) is 8.19. The number of nitrogens with zero attached hydrogens (tertiary/aromatic N) is 2. The van der Waals surface area contributed by atoms with Crippen molar-refractivity contribution in [3.63, 3.8) is 0 Å². The molecule has 1 heterocycles. The van der Waals surface area contributed by atoms with Gasteiger partial charge in [-0.05, 0) is 25.3 Å². The molecule has 0 atom stereocenters. The van der Waals surface area contributed by atoms with E-state index in [9.17, 15) is 0 Å². The van der Waals surface area contributed by atoms with E-state index in [1.165, 1.54) is 0 Å². The van der Waals surface area contributed by atoms with E-state index in [1.54, 1.807) is 17.8 Å². The van der Waals surface area contributed by atoms with Gasteiger partial charge in [-0.3, -0.25) is 0 Å². The van der Waals surface area contributed by atoms with Gasteiger partial charge < -0.3 is 10.5 Å². The highest BCUT2D eigenvalue weighted by Crippen LogP contribution is 2.30. The Morgan fingerprint density at radius 2 is 2.00 bits per heavy atom. The molecule has 0 aliphatic heterocycles. The summed E-state index contributed by atoms with van der Waals surface area (Å²) in [7, 11) is 0. The summed E-state index contributed by atoms with van der Waals surface area (Å²) >= 11 is 1.62. The number of ether oxygens (including phenoxy) is 1. The molecule has 1 aromatic carbocycles. The van der Waals surface area contributed by atoms with Gasteiger partial charge in [0.05, 0.1) is 0 Å². The molecule has 0 bridgehead atoms. The van der Waals surface area contributed by atoms with Crippen molar-refractivity contribution in [2.24, 2.45) is 0 Å². The van der Waals surface area contributed by atoms with Gasteiger partial charge in [0, 0.05) is 16.7 Å². The number of hydrogen-bond donors (Lipinski definition) is 1. The van der Waals surface area contributed by atoms with Crippen LogP contribution in [0.5, 0.6) is 11.6 Å². The highest BCUT2D eigenvalue weighted by Gasteiger charge is 2.05. The Balaban J connectivity index is 2.31. The van der Waals surface area contributed by atoms with E-state index in [4.69, 9.17) is 10.5 Å². The van der Waals surface area contributed by atoms with E-state index >= 15 is 0 Å². The molecular formula is C12H13N3OS. The van der Waals surface area contributed by atoms with E-state index < -0.39 is 0 Å². The van der Waals surface area contributed by atoms with Gasteiger partial charge in [-0.25, -0.2) is 4.98 Å². The molecular weight excluding hydrogens is 234 g/mol. The quantitative estimate of drug-likeness (QED) is 0.845. The second-order valence-corrected chi connectivity index (χ2v) is 4.31. The number of aryl methyl sites for hydroxylation is 1. The number of rotatable bonds is 3. The molecule has 2 aromatic rings. The first-order valence-corrected chi connectivity index (χ1v) is 6.33. The lowest BCUT2D eigenvalue weighted by Gasteiger charge is -2.09. The van der Waals surface area contributed by atoms with Crippen LogP contribution < -0.4 is 10.5 Å². The van der Waals surface area contributed by atoms with Crippen LogP contribution in [0.1, 0.15) is 5.69 Å². The van der Waals surface area contributed by atoms with Gasteiger partial charge in [0.25, 0.3) is 0 Å². The number of nitrogen functional groups attached to an aromatic ring is 1. The number of nitrogens with two attached hydrogens (primary N) is 1. The zero-order valence-electron chi connectivity index (χ0n) is 9.68. The number of hydrogen-bond acceptors (Lipinski definition) is 5. The van der Waals surface area contributed by atoms with Crippen molar-refractivity contribution in [3.05, 3.63) is 36.0 Å². The molecule has 0 spiro atoms. The van der Waals surface area contributed by atoms with Crippen molar-refractivity contribution in [3.8, 4) is 11.6 Å². The van der Waals surface area contributed by atoms with Gasteiger partial charge >= 0.3 is 0 Å². The maximum Gasteiger partial charge on any atom is 0.224 e. The molecule has 2 N–H and O–H groups in total. The predicted molar refractivity (Wildman–Crippen MR) is 69.5 cm³/mol. The fourth-order valence-electron chi connectivity index (χ4n) is 1.43. The zero-order valence-corrected chi connectivity index (χ0v) is 10.5. The van der Waals surface area contributed by atoms with Crippen LogP contribution in [0.4, 0.5) is 5.95 Å². The number of aromatic nitrogens is 2. The molecule has 0 saturated carbocycles. The summed E-state index contributed by atoms with van der Waals surface area (Å²) in [6.45, 7) is 1.85. The molecule has 0 unspecified atom stereocenters. The van der Waals surface area contributed by atoms with E-state index in [2.05, 4.69) is 9.97 Å². The third-order valence-corrected chi connectivity index (χ3v) is 2.91. The summed E-state index contributed by atoms with van der Waals surface area (Å²) in [6, 6.07) is 9.55. The summed E-state index contributed by atoms with van der Waals surface area (Å²) in [5, 5.41) is 0. The topological polar surface area (TPSA) is 61.0 Å². The van der Waals surface area contributed by atoms with Crippen LogP contribution in [-0.4, -0.2) is 16.2 Å². The van der Waals surface area contributed by atoms with Crippen molar-refractivity contribution in [2.75, 3.05) is 12.0 Å². The van der Waals surface area contributed by atoms with Crippen LogP contribution in [0.2, 0.25) is 0 Å². The fourth-order valence-corrected chi connectivity index (χ4v) is 1.96. The van der Waals surface area contributed by atoms with Crippen molar-refractivity contribution in [2.45, 2.75) is 11.8 Å². The smallest absolute Gasteiger partial charge is 0.224 e. The van der Waals surface area contributed by atoms with Crippen LogP contribution in [0, 0.1) is 6.92 Å². The maximum absolute atomic E-state index is 5.71. The van der Waals surface area contributed by atoms with Crippen LogP contribution in [0.15, 0.2) is 35.2 Å². The van der Waals surface area contributed by atoms with Gasteiger partial charge in [-0.2, -0.15) is 4.98 Å². The molecule has 0 aliphatic rings. The molecule has 88 valence electrons. The summed E-state index contributed by atoms with van der Waals surface area (Å²) in [5.74, 6) is 1.47. The van der Waals surface area contributed by atoms with Crippen molar-refractivity contribution in [1.82, 2.24) is 9.97 Å². The molecule has 0 saturated heterocycles. The molecule has 0 radical (unpaired) electrons. The molecule has 1 aromatic heterocycles. The highest BCUT2D eigenvalue weighted by molar-refractivity contribution is 7.98. The Bertz CT molecular complexity index is 511. The van der Waals surface area contributed by atoms with Gasteiger partial charge in [-0.1, -0.05) is 12.1 Å². The van der Waals surface area contributed by atoms with Gasteiger partial charge in [0.1, 0.15) is 5.75 Å². The Hall–Kier alpha value is -1.75. The third-order valence-electron chi connectivity index (χ3n) is 2.13. The number of para-hydroxylation sites is 1. The second kappa shape index (κ2) is 5.05. The first-order valence-electron chi connectivity index (χ1n) is 5.11. The van der Waals surface area contributed by atoms with E-state index in [-0.39, 0.29) is 5.95 Å². The average molecular weight is 247 g/mol. The fraction of sp³-hybridized carbons (Fsp3) is 0.167. The largest absolute Gasteiger partial charge is 0.438 e. The van der Waals surface area contributed by atoms with Crippen molar-refractivity contribution in [1.29, 1.82) is 0 Å². The second-order valence-electron chi connectivity index (χ2n) is 3.46. The molecule has 0 amide bonds. The summed E-state index contributed by atoms with van der Waals surface area (Å²) in [4.78, 5) is 9.10. The van der Waals surface area contributed by atoms with Crippen LogP contribution in [-0.2, 0) is 0 Å². The van der Waals surface area contributed by atoms with Gasteiger partial charge in [0.15, 0.2) is 0 Å². The number of anilines is 1. The maximum atomic E-state index is 5.71. The molecule has 4 nitrogen and oxygen atoms in total. The van der Waals surface area contributed by atoms with Crippen LogP contribution >= 0.6 is 11.8 Å². The molecule has 0 aliphatic carbocycles. The minimum atomic E-state index is 0.224. The third kappa shape index (κ3) is 2.88. The van der Waals surface area contributed by atoms with Crippen LogP contribution in [0.25, 0.3) is 0 Å². The Labute approximate surface area is 104 Å². The van der Waals surface area contributed by atoms with Crippen molar-refractivity contribution < 1.29 is 4.74 Å². The first kappa shape index (κ1) is 11.7. The summed E-state index contributed by atoms with van der Waals surface area (Å²) in [6.07, 6.45) is 2.00. The lowest BCUT2D eigenvalue weighted by atomic mass is 10.3. The van der Waals surface area contributed by atoms with Crippen LogP contribution in [0.3, 0.4) is 0 Å². The van der Waals surface area contributed by atoms with Gasteiger partial charge in [-0.15, -0.1) is 11.8 Å². The minimum Gasteiger partial charge on any atom is -0.438 e. The standard InChI is InChI=1S/C12H13N3OS/c1-8-7-11(15-12(13)14-8)16-9-5-3-4-6-10(9)17-2/h3-7H,1-2H3,(H2,13,14,15). The molecule has 0 fully saturated rings. The SMILES string of the molecule is CSc1ccccc1Oc1cc(C)nc(N)n1. The van der Waals surface area contributed by atoms with Gasteiger partial charge in [0.2, 0.25) is 11.8 Å². The van der Waals surface area contributed by atoms with E-state index in [1.807, 2.05) is 37.4 Å². The normalized spacial score (nSPS) is 10.2. The lowest BCUT2D eigenvalue weighted by molar-refractivity contribution is 0.451. The molecule has 5 heteroatoms. The Morgan fingerprint density at radius 1 is 1.24 bits per heavy atom. The molecule has 2 rings (SSSR count). The summed E-state index contributed by atoms with van der Waals surface area (Å²) in [5.41, 5.74) is 6.36. The Kier molecular flexibility index (Phi) is 3.49. The lowest BCUT2D eigenvalue weighted by Crippen LogP contribution is -1.99. The van der Waals surface area contributed by atoms with Crippen molar-refractivity contribution >= 4 is 17.7 Å².